The Balaban J connectivity index is 1.81. The van der Waals surface area contributed by atoms with Crippen LogP contribution in [0.4, 0.5) is 8.78 Å². The van der Waals surface area contributed by atoms with Gasteiger partial charge >= 0.3 is 0 Å². The van der Waals surface area contributed by atoms with Crippen LogP contribution in [0.2, 0.25) is 0 Å². The Kier molecular flexibility index (Phi) is 3.82. The minimum Gasteiger partial charge on any atom is -0.374 e. The van der Waals surface area contributed by atoms with Crippen LogP contribution < -0.4 is 0 Å². The van der Waals surface area contributed by atoms with Crippen molar-refractivity contribution in [1.29, 1.82) is 0 Å². The Labute approximate surface area is 120 Å². The van der Waals surface area contributed by atoms with Crippen molar-refractivity contribution < 1.29 is 18.3 Å². The van der Waals surface area contributed by atoms with E-state index in [-0.39, 0.29) is 22.9 Å². The molecule has 0 aromatic heterocycles. The second kappa shape index (κ2) is 5.45. The summed E-state index contributed by atoms with van der Waals surface area (Å²) < 4.78 is 32.8. The molecule has 1 aromatic rings. The van der Waals surface area contributed by atoms with Gasteiger partial charge in [-0.05, 0) is 43.2 Å². The molecule has 0 radical (unpaired) electrons. The molecule has 2 fully saturated rings. The number of Topliss-reactive ketones (excluding diaryl/α,β-unsaturated/α-hetero) is 1. The van der Waals surface area contributed by atoms with Crippen LogP contribution in [0.25, 0.3) is 0 Å². The molecule has 0 saturated carbocycles. The summed E-state index contributed by atoms with van der Waals surface area (Å²) in [6.07, 6.45) is 2.14. The van der Waals surface area contributed by atoms with Crippen LogP contribution in [0.15, 0.2) is 18.2 Å². The summed E-state index contributed by atoms with van der Waals surface area (Å²) in [6.45, 7) is 0.522. The topological polar surface area (TPSA) is 26.3 Å². The first-order chi connectivity index (χ1) is 9.60. The van der Waals surface area contributed by atoms with Gasteiger partial charge in [0.1, 0.15) is 11.6 Å². The molecule has 2 saturated heterocycles. The molecule has 20 heavy (non-hydrogen) atoms. The fourth-order valence-corrected chi connectivity index (χ4v) is 4.40. The number of thioether (sulfide) groups is 1. The predicted molar refractivity (Wildman–Crippen MR) is 74.0 cm³/mol. The highest BCUT2D eigenvalue weighted by molar-refractivity contribution is 7.99. The summed E-state index contributed by atoms with van der Waals surface area (Å²) >= 11 is 1.82. The van der Waals surface area contributed by atoms with Crippen molar-refractivity contribution in [1.82, 2.24) is 0 Å². The maximum atomic E-state index is 13.7. The zero-order valence-corrected chi connectivity index (χ0v) is 11.8. The van der Waals surface area contributed by atoms with E-state index in [1.54, 1.807) is 0 Å². The Hall–Kier alpha value is -0.940. The molecule has 0 amide bonds. The van der Waals surface area contributed by atoms with E-state index >= 15 is 0 Å². The minimum absolute atomic E-state index is 0.127. The van der Waals surface area contributed by atoms with Crippen LogP contribution in [-0.2, 0) is 4.74 Å². The predicted octanol–water partition coefficient (Wildman–Crippen LogP) is 3.45. The molecule has 5 heteroatoms. The standard InChI is InChI=1S/C15H16F2O2S/c16-11-1-2-13(17)12(7-11)14(18)10-3-5-19-15(8-10)4-6-20-9-15/h1-2,7,10H,3-6,8-9H2. The molecule has 0 bridgehead atoms. The first-order valence-electron chi connectivity index (χ1n) is 6.81. The summed E-state index contributed by atoms with van der Waals surface area (Å²) in [6, 6.07) is 3.05. The molecule has 0 N–H and O–H groups in total. The van der Waals surface area contributed by atoms with E-state index in [4.69, 9.17) is 4.74 Å². The Bertz CT molecular complexity index is 527. The molecule has 1 aromatic carbocycles. The molecule has 2 aliphatic heterocycles. The van der Waals surface area contributed by atoms with E-state index in [0.29, 0.717) is 19.4 Å². The lowest BCUT2D eigenvalue weighted by atomic mass is 9.81. The van der Waals surface area contributed by atoms with Crippen LogP contribution in [0.5, 0.6) is 0 Å². The molecule has 2 unspecified atom stereocenters. The van der Waals surface area contributed by atoms with E-state index in [2.05, 4.69) is 0 Å². The van der Waals surface area contributed by atoms with Gasteiger partial charge in [0.25, 0.3) is 0 Å². The second-order valence-electron chi connectivity index (χ2n) is 5.51. The minimum atomic E-state index is -0.641. The Morgan fingerprint density at radius 1 is 1.40 bits per heavy atom. The van der Waals surface area contributed by atoms with Crippen LogP contribution in [-0.4, -0.2) is 29.5 Å². The van der Waals surface area contributed by atoms with Gasteiger partial charge in [-0.25, -0.2) is 8.78 Å². The number of hydrogen-bond donors (Lipinski definition) is 0. The summed E-state index contributed by atoms with van der Waals surface area (Å²) in [5.41, 5.74) is -0.356. The van der Waals surface area contributed by atoms with Crippen molar-refractivity contribution in [2.75, 3.05) is 18.1 Å². The smallest absolute Gasteiger partial charge is 0.169 e. The van der Waals surface area contributed by atoms with Crippen molar-refractivity contribution in [3.8, 4) is 0 Å². The number of carbonyl (C=O) groups is 1. The van der Waals surface area contributed by atoms with Crippen LogP contribution >= 0.6 is 11.8 Å². The summed E-state index contributed by atoms with van der Waals surface area (Å²) in [5.74, 6) is 0.156. The lowest BCUT2D eigenvalue weighted by Gasteiger charge is -2.37. The van der Waals surface area contributed by atoms with Crippen molar-refractivity contribution in [2.24, 2.45) is 5.92 Å². The summed E-state index contributed by atoms with van der Waals surface area (Å²) in [4.78, 5) is 12.4. The van der Waals surface area contributed by atoms with Gasteiger partial charge in [0.15, 0.2) is 5.78 Å². The van der Waals surface area contributed by atoms with Gasteiger partial charge < -0.3 is 4.74 Å². The maximum absolute atomic E-state index is 13.7. The summed E-state index contributed by atoms with van der Waals surface area (Å²) in [7, 11) is 0. The van der Waals surface area contributed by atoms with Gasteiger partial charge in [-0.3, -0.25) is 4.79 Å². The van der Waals surface area contributed by atoms with Crippen LogP contribution in [0.3, 0.4) is 0 Å². The number of carbonyl (C=O) groups excluding carboxylic acids is 1. The average molecular weight is 298 g/mol. The number of benzene rings is 1. The van der Waals surface area contributed by atoms with Gasteiger partial charge in [0.05, 0.1) is 11.2 Å². The van der Waals surface area contributed by atoms with Gasteiger partial charge in [-0.2, -0.15) is 11.8 Å². The molecular weight excluding hydrogens is 282 g/mol. The molecule has 0 aliphatic carbocycles. The quantitative estimate of drug-likeness (QED) is 0.782. The van der Waals surface area contributed by atoms with Crippen molar-refractivity contribution in [3.05, 3.63) is 35.4 Å². The third-order valence-corrected chi connectivity index (χ3v) is 5.35. The molecule has 1 spiro atoms. The number of ketones is 1. The molecule has 2 atom stereocenters. The third kappa shape index (κ3) is 2.61. The molecule has 108 valence electrons. The number of ether oxygens (including phenoxy) is 1. The van der Waals surface area contributed by atoms with Gasteiger partial charge in [0, 0.05) is 18.3 Å². The molecular formula is C15H16F2O2S. The average Bonchev–Trinajstić information content (AvgIpc) is 2.88. The van der Waals surface area contributed by atoms with Crippen molar-refractivity contribution in [2.45, 2.75) is 24.9 Å². The first-order valence-corrected chi connectivity index (χ1v) is 7.96. The Morgan fingerprint density at radius 2 is 2.25 bits per heavy atom. The lowest BCUT2D eigenvalue weighted by molar-refractivity contribution is -0.0735. The SMILES string of the molecule is O=C(c1cc(F)ccc1F)C1CCOC2(CCSC2)C1. The zero-order valence-electron chi connectivity index (χ0n) is 11.0. The number of rotatable bonds is 2. The highest BCUT2D eigenvalue weighted by atomic mass is 32.2. The van der Waals surface area contributed by atoms with E-state index in [0.717, 1.165) is 36.1 Å². The summed E-state index contributed by atoms with van der Waals surface area (Å²) in [5, 5.41) is 0. The van der Waals surface area contributed by atoms with Crippen LogP contribution in [0.1, 0.15) is 29.6 Å². The maximum Gasteiger partial charge on any atom is 0.169 e. The lowest BCUT2D eigenvalue weighted by Crippen LogP contribution is -2.42. The fraction of sp³-hybridized carbons (Fsp3) is 0.533. The first kappa shape index (κ1) is 14.0. The second-order valence-corrected chi connectivity index (χ2v) is 6.62. The fourth-order valence-electron chi connectivity index (χ4n) is 3.02. The van der Waals surface area contributed by atoms with E-state index in [9.17, 15) is 13.6 Å². The van der Waals surface area contributed by atoms with E-state index in [1.165, 1.54) is 0 Å². The van der Waals surface area contributed by atoms with Crippen molar-refractivity contribution in [3.63, 3.8) is 0 Å². The van der Waals surface area contributed by atoms with E-state index in [1.807, 2.05) is 11.8 Å². The molecule has 2 aliphatic rings. The number of halogens is 2. The normalized spacial score (nSPS) is 29.8. The van der Waals surface area contributed by atoms with Crippen LogP contribution in [0, 0.1) is 17.6 Å². The van der Waals surface area contributed by atoms with Gasteiger partial charge in [-0.1, -0.05) is 0 Å². The molecule has 3 rings (SSSR count). The molecule has 2 heterocycles. The Morgan fingerprint density at radius 3 is 3.00 bits per heavy atom. The zero-order chi connectivity index (χ0) is 14.2. The van der Waals surface area contributed by atoms with Gasteiger partial charge in [0.2, 0.25) is 0 Å². The highest BCUT2D eigenvalue weighted by Gasteiger charge is 2.42. The third-order valence-electron chi connectivity index (χ3n) is 4.12. The number of hydrogen-bond acceptors (Lipinski definition) is 3. The van der Waals surface area contributed by atoms with E-state index < -0.39 is 11.6 Å². The van der Waals surface area contributed by atoms with Crippen molar-refractivity contribution >= 4 is 17.5 Å². The largest absolute Gasteiger partial charge is 0.374 e. The van der Waals surface area contributed by atoms with Gasteiger partial charge in [-0.15, -0.1) is 0 Å². The monoisotopic (exact) mass is 298 g/mol. The molecule has 2 nitrogen and oxygen atoms in total. The highest BCUT2D eigenvalue weighted by Crippen LogP contribution is 2.41.